The van der Waals surface area contributed by atoms with E-state index >= 15 is 0 Å². The Morgan fingerprint density at radius 3 is 2.68 bits per heavy atom. The molecule has 0 aliphatic carbocycles. The number of aryl methyl sites for hydroxylation is 2. The third-order valence-corrected chi connectivity index (χ3v) is 6.55. The van der Waals surface area contributed by atoms with Crippen LogP contribution in [-0.4, -0.2) is 33.5 Å². The van der Waals surface area contributed by atoms with Crippen molar-refractivity contribution in [2.75, 3.05) is 13.1 Å². The van der Waals surface area contributed by atoms with Gasteiger partial charge in [-0.15, -0.1) is 0 Å². The van der Waals surface area contributed by atoms with Gasteiger partial charge in [-0.1, -0.05) is 71.9 Å². The Bertz CT molecular complexity index is 759. The Labute approximate surface area is 153 Å². The first-order chi connectivity index (χ1) is 12.2. The van der Waals surface area contributed by atoms with Gasteiger partial charge in [-0.3, -0.25) is 4.99 Å². The van der Waals surface area contributed by atoms with E-state index in [1.54, 1.807) is 11.8 Å². The van der Waals surface area contributed by atoms with Gasteiger partial charge in [0.2, 0.25) is 0 Å². The second-order valence-corrected chi connectivity index (χ2v) is 8.06. The standard InChI is InChI=1S/C21H24N2OS/c1-16-8-11-18(12-9-16)21(24)19(13-10-17-6-3-2-4-7-17)25-20-22-14-5-15-23(20)21/h2-4,6-9,11-12,19,24H,5,10,13-15H2,1H3. The monoisotopic (exact) mass is 352 g/mol. The van der Waals surface area contributed by atoms with Gasteiger partial charge >= 0.3 is 0 Å². The fourth-order valence-corrected chi connectivity index (χ4v) is 5.17. The zero-order chi connectivity index (χ0) is 17.3. The third kappa shape index (κ3) is 3.09. The van der Waals surface area contributed by atoms with E-state index in [1.807, 2.05) is 6.07 Å². The van der Waals surface area contributed by atoms with Gasteiger partial charge in [-0.25, -0.2) is 0 Å². The van der Waals surface area contributed by atoms with E-state index < -0.39 is 5.72 Å². The van der Waals surface area contributed by atoms with Crippen molar-refractivity contribution < 1.29 is 5.11 Å². The van der Waals surface area contributed by atoms with E-state index in [2.05, 4.69) is 65.3 Å². The minimum Gasteiger partial charge on any atom is -0.366 e. The normalized spacial score (nSPS) is 25.6. The minimum absolute atomic E-state index is 0.0901. The molecule has 4 heteroatoms. The molecule has 1 saturated heterocycles. The van der Waals surface area contributed by atoms with Gasteiger partial charge in [-0.2, -0.15) is 0 Å². The van der Waals surface area contributed by atoms with Crippen molar-refractivity contribution in [3.63, 3.8) is 0 Å². The largest absolute Gasteiger partial charge is 0.366 e. The van der Waals surface area contributed by atoms with Crippen molar-refractivity contribution >= 4 is 16.9 Å². The van der Waals surface area contributed by atoms with Crippen molar-refractivity contribution in [2.24, 2.45) is 4.99 Å². The lowest BCUT2D eigenvalue weighted by Crippen LogP contribution is -2.50. The number of nitrogens with zero attached hydrogens (tertiary/aromatic N) is 2. The summed E-state index contributed by atoms with van der Waals surface area (Å²) in [5.74, 6) is 0. The third-order valence-electron chi connectivity index (χ3n) is 5.14. The molecule has 25 heavy (non-hydrogen) atoms. The molecule has 0 amide bonds. The predicted molar refractivity (Wildman–Crippen MR) is 105 cm³/mol. The summed E-state index contributed by atoms with van der Waals surface area (Å²) in [6.07, 6.45) is 2.89. The Hall–Kier alpha value is -1.78. The van der Waals surface area contributed by atoms with Crippen LogP contribution in [0, 0.1) is 6.92 Å². The zero-order valence-corrected chi connectivity index (χ0v) is 15.4. The molecular formula is C21H24N2OS. The molecule has 2 atom stereocenters. The lowest BCUT2D eigenvalue weighted by molar-refractivity contribution is -0.0735. The molecule has 2 aliphatic rings. The van der Waals surface area contributed by atoms with Crippen LogP contribution < -0.4 is 0 Å². The molecule has 0 bridgehead atoms. The summed E-state index contributed by atoms with van der Waals surface area (Å²) >= 11 is 1.75. The molecule has 2 aromatic carbocycles. The van der Waals surface area contributed by atoms with Crippen LogP contribution in [-0.2, 0) is 12.1 Å². The van der Waals surface area contributed by atoms with Gasteiger partial charge in [0.1, 0.15) is 0 Å². The molecular weight excluding hydrogens is 328 g/mol. The van der Waals surface area contributed by atoms with E-state index in [-0.39, 0.29) is 5.25 Å². The van der Waals surface area contributed by atoms with Gasteiger partial charge in [0, 0.05) is 18.7 Å². The number of thioether (sulfide) groups is 1. The Balaban J connectivity index is 1.64. The number of hydrogen-bond donors (Lipinski definition) is 1. The average molecular weight is 353 g/mol. The fourth-order valence-electron chi connectivity index (χ4n) is 3.73. The van der Waals surface area contributed by atoms with E-state index in [1.165, 1.54) is 11.1 Å². The highest BCUT2D eigenvalue weighted by Crippen LogP contribution is 2.47. The van der Waals surface area contributed by atoms with Crippen LogP contribution in [0.2, 0.25) is 0 Å². The molecule has 2 aliphatic heterocycles. The molecule has 0 radical (unpaired) electrons. The smallest absolute Gasteiger partial charge is 0.178 e. The van der Waals surface area contributed by atoms with Crippen LogP contribution in [0.1, 0.15) is 29.5 Å². The van der Waals surface area contributed by atoms with Gasteiger partial charge in [0.05, 0.1) is 5.25 Å². The quantitative estimate of drug-likeness (QED) is 0.905. The van der Waals surface area contributed by atoms with Crippen LogP contribution in [0.15, 0.2) is 59.6 Å². The summed E-state index contributed by atoms with van der Waals surface area (Å²) in [5.41, 5.74) is 2.55. The van der Waals surface area contributed by atoms with Crippen LogP contribution in [0.3, 0.4) is 0 Å². The first-order valence-corrected chi connectivity index (χ1v) is 9.88. The first kappa shape index (κ1) is 16.7. The summed E-state index contributed by atoms with van der Waals surface area (Å²) in [5, 5.41) is 12.9. The van der Waals surface area contributed by atoms with E-state index in [9.17, 15) is 5.11 Å². The number of hydrogen-bond acceptors (Lipinski definition) is 4. The van der Waals surface area contributed by atoms with Gasteiger partial charge in [0.15, 0.2) is 10.9 Å². The van der Waals surface area contributed by atoms with E-state index in [0.29, 0.717) is 0 Å². The highest BCUT2D eigenvalue weighted by molar-refractivity contribution is 8.14. The number of fused-ring (bicyclic) bond motifs is 1. The van der Waals surface area contributed by atoms with Gasteiger partial charge in [-0.05, 0) is 31.7 Å². The number of benzene rings is 2. The number of amidine groups is 1. The summed E-state index contributed by atoms with van der Waals surface area (Å²) < 4.78 is 0. The number of rotatable bonds is 4. The molecule has 1 fully saturated rings. The molecule has 2 heterocycles. The van der Waals surface area contributed by atoms with Crippen LogP contribution in [0.25, 0.3) is 0 Å². The topological polar surface area (TPSA) is 35.8 Å². The highest BCUT2D eigenvalue weighted by atomic mass is 32.2. The lowest BCUT2D eigenvalue weighted by atomic mass is 9.92. The number of aliphatic imine (C=N–C) groups is 1. The summed E-state index contributed by atoms with van der Waals surface area (Å²) in [7, 11) is 0. The molecule has 0 spiro atoms. The molecule has 2 aromatic rings. The molecule has 1 N–H and O–H groups in total. The highest BCUT2D eigenvalue weighted by Gasteiger charge is 2.52. The summed E-state index contributed by atoms with van der Waals surface area (Å²) in [6, 6.07) is 18.9. The van der Waals surface area contributed by atoms with Crippen molar-refractivity contribution in [1.82, 2.24) is 4.90 Å². The van der Waals surface area contributed by atoms with Gasteiger partial charge < -0.3 is 10.0 Å². The van der Waals surface area contributed by atoms with Crippen LogP contribution >= 0.6 is 11.8 Å². The lowest BCUT2D eigenvalue weighted by Gasteiger charge is -2.39. The molecule has 4 rings (SSSR count). The number of aliphatic hydroxyl groups is 1. The van der Waals surface area contributed by atoms with Crippen LogP contribution in [0.5, 0.6) is 0 Å². The molecule has 2 unspecified atom stereocenters. The summed E-state index contributed by atoms with van der Waals surface area (Å²) in [4.78, 5) is 6.81. The fraction of sp³-hybridized carbons (Fsp3) is 0.381. The second kappa shape index (κ2) is 6.85. The predicted octanol–water partition coefficient (Wildman–Crippen LogP) is 3.95. The SMILES string of the molecule is Cc1ccc(C2(O)C(CCc3ccccc3)SC3=NCCCN32)cc1. The van der Waals surface area contributed by atoms with Crippen molar-refractivity contribution in [2.45, 2.75) is 37.2 Å². The maximum atomic E-state index is 11.8. The molecule has 0 saturated carbocycles. The van der Waals surface area contributed by atoms with Crippen molar-refractivity contribution in [1.29, 1.82) is 0 Å². The molecule has 130 valence electrons. The summed E-state index contributed by atoms with van der Waals surface area (Å²) in [6.45, 7) is 3.82. The van der Waals surface area contributed by atoms with Gasteiger partial charge in [0.25, 0.3) is 0 Å². The first-order valence-electron chi connectivity index (χ1n) is 9.00. The Morgan fingerprint density at radius 2 is 1.92 bits per heavy atom. The second-order valence-electron chi connectivity index (χ2n) is 6.89. The Kier molecular flexibility index (Phi) is 4.57. The maximum absolute atomic E-state index is 11.8. The van der Waals surface area contributed by atoms with E-state index in [0.717, 1.165) is 43.1 Å². The Morgan fingerprint density at radius 1 is 1.16 bits per heavy atom. The van der Waals surface area contributed by atoms with Crippen molar-refractivity contribution in [3.8, 4) is 0 Å². The zero-order valence-electron chi connectivity index (χ0n) is 14.6. The molecule has 0 aromatic heterocycles. The maximum Gasteiger partial charge on any atom is 0.178 e. The minimum atomic E-state index is -0.966. The van der Waals surface area contributed by atoms with Crippen LogP contribution in [0.4, 0.5) is 0 Å². The average Bonchev–Trinajstić information content (AvgIpc) is 2.95. The van der Waals surface area contributed by atoms with Crippen molar-refractivity contribution in [3.05, 3.63) is 71.3 Å². The molecule has 3 nitrogen and oxygen atoms in total. The van der Waals surface area contributed by atoms with E-state index in [4.69, 9.17) is 0 Å².